The lowest BCUT2D eigenvalue weighted by atomic mass is 10.1. The number of amides is 3. The van der Waals surface area contributed by atoms with Gasteiger partial charge in [-0.3, -0.25) is 14.4 Å². The van der Waals surface area contributed by atoms with Crippen LogP contribution >= 0.6 is 0 Å². The molecule has 1 saturated heterocycles. The maximum Gasteiger partial charge on any atom is 0.255 e. The highest BCUT2D eigenvalue weighted by Gasteiger charge is 2.16. The maximum atomic E-state index is 12.4. The van der Waals surface area contributed by atoms with Crippen molar-refractivity contribution < 1.29 is 19.1 Å². The Morgan fingerprint density at radius 3 is 2.22 bits per heavy atom. The molecule has 1 heterocycles. The van der Waals surface area contributed by atoms with Gasteiger partial charge in [0.1, 0.15) is 0 Å². The molecule has 1 aliphatic heterocycles. The Hall–Kier alpha value is -4.17. The minimum Gasteiger partial charge on any atom is -0.376 e. The molecule has 0 saturated carbocycles. The average Bonchev–Trinajstić information content (AvgIpc) is 3.41. The molecule has 8 nitrogen and oxygen atoms in total. The number of rotatable bonds is 9. The van der Waals surface area contributed by atoms with Crippen LogP contribution in [0.25, 0.3) is 0 Å². The van der Waals surface area contributed by atoms with Gasteiger partial charge in [0.25, 0.3) is 11.8 Å². The summed E-state index contributed by atoms with van der Waals surface area (Å²) in [6, 6.07) is 21.3. The second-order valence-electron chi connectivity index (χ2n) is 8.73. The first-order valence-corrected chi connectivity index (χ1v) is 12.0. The third kappa shape index (κ3) is 7.16. The highest BCUT2D eigenvalue weighted by Crippen LogP contribution is 2.16. The smallest absolute Gasteiger partial charge is 0.255 e. The number of hydrogen-bond acceptors (Lipinski definition) is 5. The average molecular weight is 487 g/mol. The van der Waals surface area contributed by atoms with Crippen molar-refractivity contribution in [1.29, 1.82) is 0 Å². The molecule has 4 rings (SSSR count). The first-order chi connectivity index (χ1) is 17.5. The van der Waals surface area contributed by atoms with Gasteiger partial charge in [-0.25, -0.2) is 0 Å². The van der Waals surface area contributed by atoms with Crippen LogP contribution < -0.4 is 21.3 Å². The van der Waals surface area contributed by atoms with Gasteiger partial charge in [-0.05, 0) is 80.4 Å². The van der Waals surface area contributed by atoms with Crippen molar-refractivity contribution in [3.8, 4) is 0 Å². The standard InChI is InChI=1S/C28H30N4O4/c1-19-4-2-5-21(16-19)28(35)32-24-13-11-22(12-14-24)29-18-26(33)31-23-9-7-20(8-10-23)27(34)30-17-25-6-3-15-36-25/h2,4-5,7-14,16,25,29H,3,6,15,17-18H2,1H3,(H,30,34)(H,31,33)(H,32,35). The van der Waals surface area contributed by atoms with Gasteiger partial charge in [0.15, 0.2) is 0 Å². The van der Waals surface area contributed by atoms with Crippen LogP contribution in [0.4, 0.5) is 17.1 Å². The van der Waals surface area contributed by atoms with Gasteiger partial charge in [-0.2, -0.15) is 0 Å². The van der Waals surface area contributed by atoms with E-state index in [2.05, 4.69) is 21.3 Å². The van der Waals surface area contributed by atoms with E-state index < -0.39 is 0 Å². The monoisotopic (exact) mass is 486 g/mol. The van der Waals surface area contributed by atoms with E-state index in [0.29, 0.717) is 29.0 Å². The SMILES string of the molecule is Cc1cccc(C(=O)Nc2ccc(NCC(=O)Nc3ccc(C(=O)NCC4CCCO4)cc3)cc2)c1. The summed E-state index contributed by atoms with van der Waals surface area (Å²) in [6.07, 6.45) is 2.09. The number of benzene rings is 3. The van der Waals surface area contributed by atoms with E-state index >= 15 is 0 Å². The van der Waals surface area contributed by atoms with Crippen molar-refractivity contribution in [2.24, 2.45) is 0 Å². The van der Waals surface area contributed by atoms with Crippen molar-refractivity contribution in [1.82, 2.24) is 5.32 Å². The van der Waals surface area contributed by atoms with Gasteiger partial charge in [-0.15, -0.1) is 0 Å². The fourth-order valence-electron chi connectivity index (χ4n) is 3.87. The molecule has 8 heteroatoms. The van der Waals surface area contributed by atoms with Crippen LogP contribution in [0.1, 0.15) is 39.1 Å². The van der Waals surface area contributed by atoms with E-state index in [1.165, 1.54) is 0 Å². The summed E-state index contributed by atoms with van der Waals surface area (Å²) in [5, 5.41) is 11.6. The van der Waals surface area contributed by atoms with Gasteiger partial charge in [0.2, 0.25) is 5.91 Å². The Morgan fingerprint density at radius 1 is 0.833 bits per heavy atom. The molecule has 1 atom stereocenters. The molecule has 1 unspecified atom stereocenters. The van der Waals surface area contributed by atoms with Crippen LogP contribution in [-0.4, -0.2) is 43.5 Å². The van der Waals surface area contributed by atoms with E-state index in [4.69, 9.17) is 4.74 Å². The van der Waals surface area contributed by atoms with Crippen LogP contribution in [0.2, 0.25) is 0 Å². The molecular weight excluding hydrogens is 456 g/mol. The van der Waals surface area contributed by atoms with Crippen LogP contribution in [-0.2, 0) is 9.53 Å². The number of hydrogen-bond donors (Lipinski definition) is 4. The third-order valence-electron chi connectivity index (χ3n) is 5.82. The topological polar surface area (TPSA) is 109 Å². The first-order valence-electron chi connectivity index (χ1n) is 12.0. The highest BCUT2D eigenvalue weighted by atomic mass is 16.5. The second kappa shape index (κ2) is 12.0. The number of anilines is 3. The minimum absolute atomic E-state index is 0.0681. The summed E-state index contributed by atoms with van der Waals surface area (Å²) in [7, 11) is 0. The van der Waals surface area contributed by atoms with Crippen LogP contribution in [0.15, 0.2) is 72.8 Å². The lowest BCUT2D eigenvalue weighted by Gasteiger charge is -2.11. The largest absolute Gasteiger partial charge is 0.376 e. The summed E-state index contributed by atoms with van der Waals surface area (Å²) in [6.45, 7) is 3.26. The quantitative estimate of drug-likeness (QED) is 0.362. The van der Waals surface area contributed by atoms with Crippen LogP contribution in [0.3, 0.4) is 0 Å². The van der Waals surface area contributed by atoms with Crippen molar-refractivity contribution in [2.45, 2.75) is 25.9 Å². The highest BCUT2D eigenvalue weighted by molar-refractivity contribution is 6.04. The Labute approximate surface area is 210 Å². The molecule has 3 aromatic rings. The van der Waals surface area contributed by atoms with Crippen molar-refractivity contribution in [2.75, 3.05) is 35.6 Å². The number of aryl methyl sites for hydroxylation is 1. The summed E-state index contributed by atoms with van der Waals surface area (Å²) in [5.41, 5.74) is 4.16. The fraction of sp³-hybridized carbons (Fsp3) is 0.250. The molecule has 3 aromatic carbocycles. The first kappa shape index (κ1) is 24.9. The van der Waals surface area contributed by atoms with Gasteiger partial charge in [0.05, 0.1) is 12.6 Å². The molecule has 186 valence electrons. The summed E-state index contributed by atoms with van der Waals surface area (Å²) < 4.78 is 5.51. The van der Waals surface area contributed by atoms with Crippen LogP contribution in [0, 0.1) is 6.92 Å². The Morgan fingerprint density at radius 2 is 1.53 bits per heavy atom. The lowest BCUT2D eigenvalue weighted by Crippen LogP contribution is -2.31. The fourth-order valence-corrected chi connectivity index (χ4v) is 3.87. The van der Waals surface area contributed by atoms with E-state index in [-0.39, 0.29) is 30.4 Å². The van der Waals surface area contributed by atoms with E-state index in [1.54, 1.807) is 54.6 Å². The number of carbonyl (C=O) groups excluding carboxylic acids is 3. The molecule has 0 bridgehead atoms. The summed E-state index contributed by atoms with van der Waals surface area (Å²) in [5.74, 6) is -0.559. The molecule has 0 spiro atoms. The van der Waals surface area contributed by atoms with Gasteiger partial charge in [0, 0.05) is 41.3 Å². The molecular formula is C28H30N4O4. The zero-order chi connectivity index (χ0) is 25.3. The second-order valence-corrected chi connectivity index (χ2v) is 8.73. The number of ether oxygens (including phenoxy) is 1. The number of nitrogens with one attached hydrogen (secondary N) is 4. The zero-order valence-electron chi connectivity index (χ0n) is 20.2. The maximum absolute atomic E-state index is 12.4. The summed E-state index contributed by atoms with van der Waals surface area (Å²) in [4.78, 5) is 37.0. The molecule has 36 heavy (non-hydrogen) atoms. The lowest BCUT2D eigenvalue weighted by molar-refractivity contribution is -0.114. The molecule has 1 aliphatic rings. The summed E-state index contributed by atoms with van der Waals surface area (Å²) >= 11 is 0. The van der Waals surface area contributed by atoms with E-state index in [0.717, 1.165) is 30.7 Å². The van der Waals surface area contributed by atoms with Crippen molar-refractivity contribution in [3.05, 3.63) is 89.5 Å². The minimum atomic E-state index is -0.220. The predicted octanol–water partition coefficient (Wildman–Crippen LogP) is 4.21. The van der Waals surface area contributed by atoms with E-state index in [9.17, 15) is 14.4 Å². The third-order valence-corrected chi connectivity index (χ3v) is 5.82. The van der Waals surface area contributed by atoms with Gasteiger partial charge in [-0.1, -0.05) is 17.7 Å². The Balaban J connectivity index is 1.20. The van der Waals surface area contributed by atoms with Gasteiger partial charge >= 0.3 is 0 Å². The molecule has 0 aromatic heterocycles. The van der Waals surface area contributed by atoms with Crippen molar-refractivity contribution >= 4 is 34.8 Å². The molecule has 4 N–H and O–H groups in total. The van der Waals surface area contributed by atoms with Crippen molar-refractivity contribution in [3.63, 3.8) is 0 Å². The van der Waals surface area contributed by atoms with Crippen LogP contribution in [0.5, 0.6) is 0 Å². The molecule has 0 aliphatic carbocycles. The Kier molecular flexibility index (Phi) is 8.31. The molecule has 0 radical (unpaired) electrons. The predicted molar refractivity (Wildman–Crippen MR) is 140 cm³/mol. The Bertz CT molecular complexity index is 1200. The molecule has 3 amide bonds. The molecule has 1 fully saturated rings. The van der Waals surface area contributed by atoms with E-state index in [1.807, 2.05) is 25.1 Å². The number of carbonyl (C=O) groups is 3. The zero-order valence-corrected chi connectivity index (χ0v) is 20.2. The normalized spacial score (nSPS) is 14.6. The van der Waals surface area contributed by atoms with Gasteiger partial charge < -0.3 is 26.0 Å².